The topological polar surface area (TPSA) is 46.5 Å². The molecular weight excluding hydrogens is 252 g/mol. The standard InChI is InChI=1S/C17H18O3/c1-20-17(19)11-8-13-6-9-14(10-7-13)16-5-3-2-4-15(16)12-18/h2-7,9-10,18H,8,11-12H2,1H3. The second kappa shape index (κ2) is 6.87. The third kappa shape index (κ3) is 3.45. The lowest BCUT2D eigenvalue weighted by Gasteiger charge is -2.08. The number of esters is 1. The zero-order chi connectivity index (χ0) is 14.4. The Bertz CT molecular complexity index is 573. The Morgan fingerprint density at radius 1 is 1.10 bits per heavy atom. The van der Waals surface area contributed by atoms with Gasteiger partial charge in [0.1, 0.15) is 0 Å². The quantitative estimate of drug-likeness (QED) is 0.850. The highest BCUT2D eigenvalue weighted by atomic mass is 16.5. The molecule has 0 saturated carbocycles. The number of ether oxygens (including phenoxy) is 1. The number of benzene rings is 2. The van der Waals surface area contributed by atoms with Gasteiger partial charge in [-0.25, -0.2) is 0 Å². The predicted molar refractivity (Wildman–Crippen MR) is 78.1 cm³/mol. The summed E-state index contributed by atoms with van der Waals surface area (Å²) in [6, 6.07) is 15.8. The first-order valence-electron chi connectivity index (χ1n) is 6.59. The van der Waals surface area contributed by atoms with Gasteiger partial charge in [0.25, 0.3) is 0 Å². The lowest BCUT2D eigenvalue weighted by atomic mass is 9.98. The van der Waals surface area contributed by atoms with E-state index in [9.17, 15) is 9.90 Å². The van der Waals surface area contributed by atoms with Crippen LogP contribution in [-0.2, 0) is 22.6 Å². The first kappa shape index (κ1) is 14.3. The normalized spacial score (nSPS) is 10.3. The van der Waals surface area contributed by atoms with Crippen LogP contribution in [0.25, 0.3) is 11.1 Å². The van der Waals surface area contributed by atoms with Crippen molar-refractivity contribution in [1.82, 2.24) is 0 Å². The summed E-state index contributed by atoms with van der Waals surface area (Å²) >= 11 is 0. The zero-order valence-corrected chi connectivity index (χ0v) is 11.5. The fourth-order valence-electron chi connectivity index (χ4n) is 2.14. The van der Waals surface area contributed by atoms with Crippen molar-refractivity contribution in [3.05, 3.63) is 59.7 Å². The van der Waals surface area contributed by atoms with Crippen LogP contribution >= 0.6 is 0 Å². The summed E-state index contributed by atoms with van der Waals surface area (Å²) < 4.78 is 4.63. The zero-order valence-electron chi connectivity index (χ0n) is 11.5. The number of carbonyl (C=O) groups excluding carboxylic acids is 1. The second-order valence-electron chi connectivity index (χ2n) is 4.59. The van der Waals surface area contributed by atoms with Crippen molar-refractivity contribution in [2.24, 2.45) is 0 Å². The minimum absolute atomic E-state index is 0.0280. The van der Waals surface area contributed by atoms with Gasteiger partial charge in [-0.3, -0.25) is 4.79 Å². The van der Waals surface area contributed by atoms with Crippen molar-refractivity contribution in [2.75, 3.05) is 7.11 Å². The maximum absolute atomic E-state index is 11.1. The van der Waals surface area contributed by atoms with Gasteiger partial charge in [-0.1, -0.05) is 48.5 Å². The van der Waals surface area contributed by atoms with Gasteiger partial charge in [0.15, 0.2) is 0 Å². The van der Waals surface area contributed by atoms with E-state index in [4.69, 9.17) is 0 Å². The minimum Gasteiger partial charge on any atom is -0.469 e. The average molecular weight is 270 g/mol. The summed E-state index contributed by atoms with van der Waals surface area (Å²) in [7, 11) is 1.40. The second-order valence-corrected chi connectivity index (χ2v) is 4.59. The van der Waals surface area contributed by atoms with E-state index >= 15 is 0 Å². The van der Waals surface area contributed by atoms with Crippen LogP contribution in [0.5, 0.6) is 0 Å². The Balaban J connectivity index is 2.13. The van der Waals surface area contributed by atoms with Gasteiger partial charge in [-0.05, 0) is 28.7 Å². The van der Waals surface area contributed by atoms with E-state index in [1.54, 1.807) is 0 Å². The molecule has 0 radical (unpaired) electrons. The van der Waals surface area contributed by atoms with Gasteiger partial charge in [0.2, 0.25) is 0 Å². The number of aryl methyl sites for hydroxylation is 1. The van der Waals surface area contributed by atoms with Crippen LogP contribution in [0.4, 0.5) is 0 Å². The van der Waals surface area contributed by atoms with Gasteiger partial charge in [0.05, 0.1) is 13.7 Å². The first-order valence-corrected chi connectivity index (χ1v) is 6.59. The molecule has 0 aliphatic heterocycles. The van der Waals surface area contributed by atoms with Crippen LogP contribution < -0.4 is 0 Å². The third-order valence-corrected chi connectivity index (χ3v) is 3.30. The van der Waals surface area contributed by atoms with Crippen LogP contribution in [0.3, 0.4) is 0 Å². The van der Waals surface area contributed by atoms with Gasteiger partial charge < -0.3 is 9.84 Å². The summed E-state index contributed by atoms with van der Waals surface area (Å²) in [6.07, 6.45) is 1.07. The van der Waals surface area contributed by atoms with E-state index in [0.717, 1.165) is 22.3 Å². The molecule has 0 amide bonds. The first-order chi connectivity index (χ1) is 9.74. The summed E-state index contributed by atoms with van der Waals surface area (Å²) in [4.78, 5) is 11.1. The lowest BCUT2D eigenvalue weighted by Crippen LogP contribution is -2.01. The molecule has 20 heavy (non-hydrogen) atoms. The van der Waals surface area contributed by atoms with Crippen LogP contribution in [-0.4, -0.2) is 18.2 Å². The maximum Gasteiger partial charge on any atom is 0.305 e. The molecule has 0 heterocycles. The number of aliphatic hydroxyl groups is 1. The van der Waals surface area contributed by atoms with Crippen LogP contribution in [0, 0.1) is 0 Å². The van der Waals surface area contributed by atoms with Crippen LogP contribution in [0.2, 0.25) is 0 Å². The smallest absolute Gasteiger partial charge is 0.305 e. The summed E-state index contributed by atoms with van der Waals surface area (Å²) in [6.45, 7) is 0.0280. The Hall–Kier alpha value is -2.13. The highest BCUT2D eigenvalue weighted by Gasteiger charge is 2.05. The molecule has 1 N–H and O–H groups in total. The molecule has 0 saturated heterocycles. The largest absolute Gasteiger partial charge is 0.469 e. The fourth-order valence-corrected chi connectivity index (χ4v) is 2.14. The molecule has 0 aliphatic rings. The van der Waals surface area contributed by atoms with Gasteiger partial charge in [-0.15, -0.1) is 0 Å². The highest BCUT2D eigenvalue weighted by Crippen LogP contribution is 2.24. The Morgan fingerprint density at radius 2 is 1.80 bits per heavy atom. The molecule has 0 bridgehead atoms. The van der Waals surface area contributed by atoms with E-state index < -0.39 is 0 Å². The van der Waals surface area contributed by atoms with E-state index in [1.165, 1.54) is 7.11 Å². The molecule has 3 nitrogen and oxygen atoms in total. The maximum atomic E-state index is 11.1. The number of methoxy groups -OCH3 is 1. The van der Waals surface area contributed by atoms with Crippen molar-refractivity contribution >= 4 is 5.97 Å². The monoisotopic (exact) mass is 270 g/mol. The molecule has 2 aromatic carbocycles. The van der Waals surface area contributed by atoms with Crippen molar-refractivity contribution in [3.63, 3.8) is 0 Å². The summed E-state index contributed by atoms with van der Waals surface area (Å²) in [5.41, 5.74) is 4.11. The molecular formula is C17H18O3. The summed E-state index contributed by atoms with van der Waals surface area (Å²) in [5.74, 6) is -0.195. The summed E-state index contributed by atoms with van der Waals surface area (Å²) in [5, 5.41) is 9.36. The number of carbonyl (C=O) groups is 1. The predicted octanol–water partition coefficient (Wildman–Crippen LogP) is 2.95. The molecule has 0 spiro atoms. The molecule has 2 aromatic rings. The highest BCUT2D eigenvalue weighted by molar-refractivity contribution is 5.70. The minimum atomic E-state index is -0.195. The van der Waals surface area contributed by atoms with Crippen molar-refractivity contribution < 1.29 is 14.6 Å². The SMILES string of the molecule is COC(=O)CCc1ccc(-c2ccccc2CO)cc1. The molecule has 104 valence electrons. The third-order valence-electron chi connectivity index (χ3n) is 3.30. The Kier molecular flexibility index (Phi) is 4.91. The molecule has 0 fully saturated rings. The van der Waals surface area contributed by atoms with Crippen molar-refractivity contribution in [2.45, 2.75) is 19.4 Å². The average Bonchev–Trinajstić information content (AvgIpc) is 2.53. The van der Waals surface area contributed by atoms with Crippen LogP contribution in [0.1, 0.15) is 17.5 Å². The number of aliphatic hydroxyl groups excluding tert-OH is 1. The molecule has 0 aliphatic carbocycles. The van der Waals surface area contributed by atoms with E-state index in [1.807, 2.05) is 48.5 Å². The molecule has 0 atom stereocenters. The fraction of sp³-hybridized carbons (Fsp3) is 0.235. The molecule has 3 heteroatoms. The van der Waals surface area contributed by atoms with E-state index in [2.05, 4.69) is 4.74 Å². The molecule has 0 aromatic heterocycles. The van der Waals surface area contributed by atoms with Gasteiger partial charge in [-0.2, -0.15) is 0 Å². The number of rotatable bonds is 5. The van der Waals surface area contributed by atoms with E-state index in [-0.39, 0.29) is 12.6 Å². The Morgan fingerprint density at radius 3 is 2.45 bits per heavy atom. The van der Waals surface area contributed by atoms with Gasteiger partial charge in [0, 0.05) is 6.42 Å². The van der Waals surface area contributed by atoms with E-state index in [0.29, 0.717) is 12.8 Å². The number of hydrogen-bond donors (Lipinski definition) is 1. The Labute approximate surface area is 118 Å². The van der Waals surface area contributed by atoms with Crippen molar-refractivity contribution in [3.8, 4) is 11.1 Å². The van der Waals surface area contributed by atoms with Crippen LogP contribution in [0.15, 0.2) is 48.5 Å². The molecule has 2 rings (SSSR count). The lowest BCUT2D eigenvalue weighted by molar-refractivity contribution is -0.140. The van der Waals surface area contributed by atoms with Gasteiger partial charge >= 0.3 is 5.97 Å². The number of hydrogen-bond acceptors (Lipinski definition) is 3. The van der Waals surface area contributed by atoms with Crippen molar-refractivity contribution in [1.29, 1.82) is 0 Å². The molecule has 0 unspecified atom stereocenters.